The first-order valence-corrected chi connectivity index (χ1v) is 8.57. The number of hydrogen-bond donors (Lipinski definition) is 1. The van der Waals surface area contributed by atoms with Gasteiger partial charge in [0.05, 0.1) is 19.8 Å². The Hall–Kier alpha value is -2.96. The van der Waals surface area contributed by atoms with E-state index >= 15 is 0 Å². The zero-order valence-corrected chi connectivity index (χ0v) is 15.0. The first-order valence-electron chi connectivity index (χ1n) is 8.57. The standard InChI is InChI=1S/C19H23N3O4/c1-25-16-10-15(11-17(12-16)26-2)19(24)22-7-3-6-21(8-9-22)18(23)14-4-5-20-13-14/h4-5,10-13,20H,3,6-9H2,1-2H3. The number of carbonyl (C=O) groups is 2. The maximum atomic E-state index is 12.9. The van der Waals surface area contributed by atoms with E-state index < -0.39 is 0 Å². The second kappa shape index (κ2) is 7.95. The van der Waals surface area contributed by atoms with Crippen LogP contribution in [0.15, 0.2) is 36.7 Å². The number of methoxy groups -OCH3 is 2. The Kier molecular flexibility index (Phi) is 5.46. The summed E-state index contributed by atoms with van der Waals surface area (Å²) in [5, 5.41) is 0. The summed E-state index contributed by atoms with van der Waals surface area (Å²) < 4.78 is 10.5. The Balaban J connectivity index is 1.71. The van der Waals surface area contributed by atoms with Gasteiger partial charge in [-0.3, -0.25) is 9.59 Å². The van der Waals surface area contributed by atoms with Gasteiger partial charge in [0.25, 0.3) is 11.8 Å². The minimum Gasteiger partial charge on any atom is -0.497 e. The highest BCUT2D eigenvalue weighted by atomic mass is 16.5. The Bertz CT molecular complexity index is 751. The van der Waals surface area contributed by atoms with Crippen molar-refractivity contribution in [1.82, 2.24) is 14.8 Å². The fraction of sp³-hybridized carbons (Fsp3) is 0.368. The molecule has 7 nitrogen and oxygen atoms in total. The molecule has 1 aliphatic heterocycles. The third-order valence-electron chi connectivity index (χ3n) is 4.51. The van der Waals surface area contributed by atoms with Crippen molar-refractivity contribution in [2.45, 2.75) is 6.42 Å². The van der Waals surface area contributed by atoms with Gasteiger partial charge in [-0.1, -0.05) is 0 Å². The lowest BCUT2D eigenvalue weighted by molar-refractivity contribution is 0.0718. The fourth-order valence-corrected chi connectivity index (χ4v) is 3.08. The van der Waals surface area contributed by atoms with Gasteiger partial charge < -0.3 is 24.3 Å². The Morgan fingerprint density at radius 2 is 1.46 bits per heavy atom. The molecule has 0 atom stereocenters. The average molecular weight is 357 g/mol. The lowest BCUT2D eigenvalue weighted by Gasteiger charge is -2.22. The molecule has 138 valence electrons. The molecule has 1 aliphatic rings. The molecule has 0 bridgehead atoms. The monoisotopic (exact) mass is 357 g/mol. The van der Waals surface area contributed by atoms with Crippen molar-refractivity contribution in [3.05, 3.63) is 47.8 Å². The van der Waals surface area contributed by atoms with Crippen LogP contribution in [0.3, 0.4) is 0 Å². The number of hydrogen-bond acceptors (Lipinski definition) is 4. The molecule has 7 heteroatoms. The second-order valence-electron chi connectivity index (χ2n) is 6.14. The van der Waals surface area contributed by atoms with Crippen LogP contribution in [0.25, 0.3) is 0 Å². The van der Waals surface area contributed by atoms with Crippen molar-refractivity contribution in [2.24, 2.45) is 0 Å². The van der Waals surface area contributed by atoms with Crippen molar-refractivity contribution < 1.29 is 19.1 Å². The summed E-state index contributed by atoms with van der Waals surface area (Å²) in [4.78, 5) is 31.9. The quantitative estimate of drug-likeness (QED) is 0.908. The number of carbonyl (C=O) groups excluding carboxylic acids is 2. The van der Waals surface area contributed by atoms with Crippen LogP contribution < -0.4 is 9.47 Å². The molecule has 3 rings (SSSR count). The van der Waals surface area contributed by atoms with Gasteiger partial charge in [0.2, 0.25) is 0 Å². The van der Waals surface area contributed by atoms with Gasteiger partial charge in [-0.15, -0.1) is 0 Å². The van der Waals surface area contributed by atoms with Gasteiger partial charge in [-0.05, 0) is 24.6 Å². The van der Waals surface area contributed by atoms with Crippen LogP contribution in [0.1, 0.15) is 27.1 Å². The highest BCUT2D eigenvalue weighted by molar-refractivity contribution is 5.96. The van der Waals surface area contributed by atoms with Crippen LogP contribution in [-0.2, 0) is 0 Å². The zero-order chi connectivity index (χ0) is 18.5. The van der Waals surface area contributed by atoms with Crippen molar-refractivity contribution in [3.63, 3.8) is 0 Å². The number of H-pyrrole nitrogens is 1. The van der Waals surface area contributed by atoms with Gasteiger partial charge in [-0.25, -0.2) is 0 Å². The lowest BCUT2D eigenvalue weighted by atomic mass is 10.1. The largest absolute Gasteiger partial charge is 0.497 e. The third-order valence-corrected chi connectivity index (χ3v) is 4.51. The second-order valence-corrected chi connectivity index (χ2v) is 6.14. The van der Waals surface area contributed by atoms with E-state index in [2.05, 4.69) is 4.98 Å². The highest BCUT2D eigenvalue weighted by Gasteiger charge is 2.24. The number of amides is 2. The molecule has 0 unspecified atom stereocenters. The van der Waals surface area contributed by atoms with Gasteiger partial charge in [0.1, 0.15) is 11.5 Å². The molecule has 0 saturated carbocycles. The highest BCUT2D eigenvalue weighted by Crippen LogP contribution is 2.24. The summed E-state index contributed by atoms with van der Waals surface area (Å²) in [6, 6.07) is 6.91. The summed E-state index contributed by atoms with van der Waals surface area (Å²) in [5.41, 5.74) is 1.16. The number of aromatic nitrogens is 1. The summed E-state index contributed by atoms with van der Waals surface area (Å²) in [6.45, 7) is 2.25. The predicted molar refractivity (Wildman–Crippen MR) is 96.8 cm³/mol. The molecular weight excluding hydrogens is 334 g/mol. The molecule has 0 aliphatic carbocycles. The van der Waals surface area contributed by atoms with E-state index in [-0.39, 0.29) is 11.8 Å². The lowest BCUT2D eigenvalue weighted by Crippen LogP contribution is -2.37. The van der Waals surface area contributed by atoms with E-state index in [1.54, 1.807) is 60.7 Å². The molecule has 1 aromatic carbocycles. The number of ether oxygens (including phenoxy) is 2. The molecule has 0 radical (unpaired) electrons. The number of benzene rings is 1. The first kappa shape index (κ1) is 17.8. The Labute approximate surface area is 152 Å². The molecule has 1 fully saturated rings. The maximum absolute atomic E-state index is 12.9. The van der Waals surface area contributed by atoms with E-state index in [1.807, 2.05) is 0 Å². The van der Waals surface area contributed by atoms with E-state index in [1.165, 1.54) is 0 Å². The van der Waals surface area contributed by atoms with Crippen molar-refractivity contribution in [3.8, 4) is 11.5 Å². The van der Waals surface area contributed by atoms with Gasteiger partial charge in [0, 0.05) is 50.2 Å². The fourth-order valence-electron chi connectivity index (χ4n) is 3.08. The van der Waals surface area contributed by atoms with Crippen LogP contribution in [0.2, 0.25) is 0 Å². The number of rotatable bonds is 4. The molecule has 2 heterocycles. The maximum Gasteiger partial charge on any atom is 0.255 e. The molecule has 0 spiro atoms. The van der Waals surface area contributed by atoms with Gasteiger partial charge in [-0.2, -0.15) is 0 Å². The van der Waals surface area contributed by atoms with Crippen LogP contribution in [-0.4, -0.2) is 67.0 Å². The number of aromatic amines is 1. The van der Waals surface area contributed by atoms with E-state index in [0.717, 1.165) is 6.42 Å². The Morgan fingerprint density at radius 3 is 1.96 bits per heavy atom. The summed E-state index contributed by atoms with van der Waals surface area (Å²) in [7, 11) is 3.11. The van der Waals surface area contributed by atoms with Gasteiger partial charge >= 0.3 is 0 Å². The molecular formula is C19H23N3O4. The summed E-state index contributed by atoms with van der Waals surface area (Å²) in [6.07, 6.45) is 4.17. The average Bonchev–Trinajstić information content (AvgIpc) is 3.11. The smallest absolute Gasteiger partial charge is 0.255 e. The molecule has 2 aromatic rings. The third kappa shape index (κ3) is 3.82. The molecule has 1 aromatic heterocycles. The molecule has 26 heavy (non-hydrogen) atoms. The van der Waals surface area contributed by atoms with Crippen LogP contribution in [0.4, 0.5) is 0 Å². The van der Waals surface area contributed by atoms with Crippen LogP contribution >= 0.6 is 0 Å². The van der Waals surface area contributed by atoms with Crippen LogP contribution in [0, 0.1) is 0 Å². The van der Waals surface area contributed by atoms with Crippen molar-refractivity contribution >= 4 is 11.8 Å². The van der Waals surface area contributed by atoms with E-state index in [9.17, 15) is 9.59 Å². The van der Waals surface area contributed by atoms with Crippen molar-refractivity contribution in [2.75, 3.05) is 40.4 Å². The van der Waals surface area contributed by atoms with E-state index in [0.29, 0.717) is 48.8 Å². The predicted octanol–water partition coefficient (Wildman–Crippen LogP) is 2.02. The molecule has 1 N–H and O–H groups in total. The SMILES string of the molecule is COc1cc(OC)cc(C(=O)N2CCCN(C(=O)c3cc[nH]c3)CC2)c1. The zero-order valence-electron chi connectivity index (χ0n) is 15.0. The number of nitrogens with one attached hydrogen (secondary N) is 1. The van der Waals surface area contributed by atoms with Gasteiger partial charge in [0.15, 0.2) is 0 Å². The first-order chi connectivity index (χ1) is 12.6. The Morgan fingerprint density at radius 1 is 0.885 bits per heavy atom. The minimum atomic E-state index is -0.0851. The number of nitrogens with zero attached hydrogens (tertiary/aromatic N) is 2. The summed E-state index contributed by atoms with van der Waals surface area (Å²) in [5.74, 6) is 1.06. The molecule has 1 saturated heterocycles. The van der Waals surface area contributed by atoms with Crippen molar-refractivity contribution in [1.29, 1.82) is 0 Å². The normalized spacial score (nSPS) is 14.7. The summed E-state index contributed by atoms with van der Waals surface area (Å²) >= 11 is 0. The van der Waals surface area contributed by atoms with E-state index in [4.69, 9.17) is 9.47 Å². The molecule has 2 amide bonds. The topological polar surface area (TPSA) is 74.9 Å². The van der Waals surface area contributed by atoms with Crippen LogP contribution in [0.5, 0.6) is 11.5 Å². The minimum absolute atomic E-state index is 0.0106.